The predicted octanol–water partition coefficient (Wildman–Crippen LogP) is 2.48. The van der Waals surface area contributed by atoms with Crippen molar-refractivity contribution in [2.45, 2.75) is 38.8 Å². The molecule has 0 bridgehead atoms. The highest BCUT2D eigenvalue weighted by Crippen LogP contribution is 2.28. The Hall–Kier alpha value is -4.65. The fourth-order valence-corrected chi connectivity index (χ4v) is 3.83. The minimum atomic E-state index is -1.32. The number of rotatable bonds is 10. The number of carbonyl (C=O) groups excluding carboxylic acids is 1. The average molecular weight is 491 g/mol. The van der Waals surface area contributed by atoms with Gasteiger partial charge >= 0.3 is 11.9 Å². The number of aromatic amines is 1. The van der Waals surface area contributed by atoms with E-state index < -0.39 is 23.9 Å². The van der Waals surface area contributed by atoms with Crippen LogP contribution in [0.2, 0.25) is 0 Å². The summed E-state index contributed by atoms with van der Waals surface area (Å²) in [5.74, 6) is 0.0652. The van der Waals surface area contributed by atoms with Crippen molar-refractivity contribution in [3.8, 4) is 12.3 Å². The van der Waals surface area contributed by atoms with Crippen LogP contribution in [0.15, 0.2) is 47.3 Å². The number of aromatic nitrogens is 2. The van der Waals surface area contributed by atoms with Gasteiger partial charge in [0.2, 0.25) is 0 Å². The molecule has 10 heteroatoms. The van der Waals surface area contributed by atoms with Crippen LogP contribution in [0.5, 0.6) is 0 Å². The summed E-state index contributed by atoms with van der Waals surface area (Å²) in [5.41, 5.74) is 2.14. The van der Waals surface area contributed by atoms with Gasteiger partial charge in [-0.2, -0.15) is 0 Å². The molecule has 0 saturated heterocycles. The number of hydrogen-bond acceptors (Lipinski definition) is 6. The number of anilines is 1. The molecule has 1 aromatic heterocycles. The molecule has 0 saturated carbocycles. The van der Waals surface area contributed by atoms with Crippen LogP contribution < -0.4 is 15.8 Å². The summed E-state index contributed by atoms with van der Waals surface area (Å²) in [6.07, 6.45) is 4.99. The molecule has 1 unspecified atom stereocenters. The number of carboxylic acids is 2. The zero-order valence-corrected chi connectivity index (χ0v) is 19.8. The number of terminal acetylenes is 1. The molecule has 1 amide bonds. The smallest absolute Gasteiger partial charge is 0.326 e. The Morgan fingerprint density at radius 1 is 1.17 bits per heavy atom. The third kappa shape index (κ3) is 6.07. The first-order valence-corrected chi connectivity index (χ1v) is 11.2. The molecule has 0 radical (unpaired) electrons. The molecule has 0 aliphatic rings. The van der Waals surface area contributed by atoms with Gasteiger partial charge in [-0.15, -0.1) is 6.42 Å². The van der Waals surface area contributed by atoms with E-state index in [1.807, 2.05) is 17.9 Å². The number of fused-ring (bicyclic) bond motifs is 1. The quantitative estimate of drug-likeness (QED) is 0.316. The van der Waals surface area contributed by atoms with Crippen molar-refractivity contribution < 1.29 is 24.6 Å². The number of hydrogen-bond donors (Lipinski definition) is 4. The van der Waals surface area contributed by atoms with Crippen molar-refractivity contribution in [3.63, 3.8) is 0 Å². The topological polar surface area (TPSA) is 153 Å². The summed E-state index contributed by atoms with van der Waals surface area (Å²) in [6.45, 7) is 3.91. The van der Waals surface area contributed by atoms with Crippen LogP contribution in [-0.2, 0) is 9.59 Å². The average Bonchev–Trinajstić information content (AvgIpc) is 2.84. The Morgan fingerprint density at radius 2 is 1.86 bits per heavy atom. The number of carboxylic acid groups (broad SMARTS) is 2. The molecule has 10 nitrogen and oxygen atoms in total. The van der Waals surface area contributed by atoms with Gasteiger partial charge in [0.15, 0.2) is 0 Å². The van der Waals surface area contributed by atoms with Crippen LogP contribution >= 0.6 is 0 Å². The number of nitrogens with zero attached hydrogens (tertiary/aromatic N) is 2. The summed E-state index contributed by atoms with van der Waals surface area (Å²) in [7, 11) is 0. The minimum Gasteiger partial charge on any atom is -0.481 e. The molecule has 0 fully saturated rings. The number of benzene rings is 2. The number of aryl methyl sites for hydroxylation is 1. The van der Waals surface area contributed by atoms with E-state index in [1.54, 1.807) is 31.2 Å². The second-order valence-corrected chi connectivity index (χ2v) is 8.28. The van der Waals surface area contributed by atoms with Crippen molar-refractivity contribution in [1.29, 1.82) is 0 Å². The van der Waals surface area contributed by atoms with Crippen molar-refractivity contribution >= 4 is 34.4 Å². The van der Waals surface area contributed by atoms with Gasteiger partial charge in [0.05, 0.1) is 23.5 Å². The third-order valence-corrected chi connectivity index (χ3v) is 5.77. The van der Waals surface area contributed by atoms with Gasteiger partial charge in [-0.3, -0.25) is 14.4 Å². The maximum atomic E-state index is 12.5. The third-order valence-electron chi connectivity index (χ3n) is 5.77. The number of amides is 1. The van der Waals surface area contributed by atoms with E-state index in [0.29, 0.717) is 22.4 Å². The first kappa shape index (κ1) is 26.0. The van der Waals surface area contributed by atoms with Gasteiger partial charge in [0, 0.05) is 17.7 Å². The molecule has 4 N–H and O–H groups in total. The molecule has 0 aliphatic carbocycles. The van der Waals surface area contributed by atoms with Crippen molar-refractivity contribution in [2.75, 3.05) is 11.4 Å². The van der Waals surface area contributed by atoms with E-state index in [2.05, 4.69) is 21.2 Å². The number of aliphatic carboxylic acids is 2. The Kier molecular flexibility index (Phi) is 8.07. The molecule has 2 aromatic carbocycles. The van der Waals surface area contributed by atoms with Gasteiger partial charge < -0.3 is 25.4 Å². The second kappa shape index (κ2) is 11.2. The van der Waals surface area contributed by atoms with Crippen LogP contribution in [0.25, 0.3) is 10.9 Å². The van der Waals surface area contributed by atoms with E-state index >= 15 is 0 Å². The highest BCUT2D eigenvalue weighted by Gasteiger charge is 2.22. The van der Waals surface area contributed by atoms with Crippen LogP contribution in [0.1, 0.15) is 47.6 Å². The van der Waals surface area contributed by atoms with E-state index in [0.717, 1.165) is 5.56 Å². The summed E-state index contributed by atoms with van der Waals surface area (Å²) >= 11 is 0. The minimum absolute atomic E-state index is 0.215. The lowest BCUT2D eigenvalue weighted by molar-refractivity contribution is -0.140. The highest BCUT2D eigenvalue weighted by atomic mass is 16.4. The first-order chi connectivity index (χ1) is 17.1. The molecular weight excluding hydrogens is 464 g/mol. The maximum absolute atomic E-state index is 12.5. The SMILES string of the molecule is C#CCN(c1ccc(C(=O)N[C@@H](CCC(=O)O)C(=O)O)cc1)C(C)c1ccc2nc(C)[nH]c(=O)c2c1. The van der Waals surface area contributed by atoms with Crippen LogP contribution in [0, 0.1) is 19.3 Å². The summed E-state index contributed by atoms with van der Waals surface area (Å²) < 4.78 is 0. The standard InChI is InChI=1S/C26H26N4O6/c1-4-13-30(15(2)18-7-10-21-20(14-18)25(34)28-16(3)27-21)19-8-5-17(6-9-19)24(33)29-22(26(35)36)11-12-23(31)32/h1,5-10,14-15,22H,11-13H2,2-3H3,(H,29,33)(H,31,32)(H,35,36)(H,27,28,34)/t15?,22-/m0/s1. The van der Waals surface area contributed by atoms with Crippen LogP contribution in [-0.4, -0.2) is 50.6 Å². The molecule has 1 heterocycles. The van der Waals surface area contributed by atoms with E-state index in [4.69, 9.17) is 11.5 Å². The summed E-state index contributed by atoms with van der Waals surface area (Å²) in [4.78, 5) is 56.0. The van der Waals surface area contributed by atoms with Crippen molar-refractivity contribution in [2.24, 2.45) is 0 Å². The molecule has 36 heavy (non-hydrogen) atoms. The van der Waals surface area contributed by atoms with Gasteiger partial charge in [0.25, 0.3) is 11.5 Å². The molecule has 0 spiro atoms. The molecule has 3 rings (SSSR count). The monoisotopic (exact) mass is 490 g/mol. The van der Waals surface area contributed by atoms with Crippen LogP contribution in [0.4, 0.5) is 5.69 Å². The fourth-order valence-electron chi connectivity index (χ4n) is 3.83. The number of nitrogens with one attached hydrogen (secondary N) is 2. The number of carbonyl (C=O) groups is 3. The Morgan fingerprint density at radius 3 is 2.47 bits per heavy atom. The Bertz CT molecular complexity index is 1390. The van der Waals surface area contributed by atoms with E-state index in [-0.39, 0.29) is 36.6 Å². The predicted molar refractivity (Wildman–Crippen MR) is 134 cm³/mol. The van der Waals surface area contributed by atoms with Gasteiger partial charge in [-0.1, -0.05) is 12.0 Å². The molecule has 0 aliphatic heterocycles. The van der Waals surface area contributed by atoms with Gasteiger partial charge in [-0.05, 0) is 62.2 Å². The molecular formula is C26H26N4O6. The van der Waals surface area contributed by atoms with E-state index in [9.17, 15) is 24.3 Å². The van der Waals surface area contributed by atoms with Crippen molar-refractivity contribution in [3.05, 3.63) is 69.8 Å². The maximum Gasteiger partial charge on any atom is 0.326 e. The zero-order valence-electron chi connectivity index (χ0n) is 19.8. The van der Waals surface area contributed by atoms with Crippen molar-refractivity contribution in [1.82, 2.24) is 15.3 Å². The zero-order chi connectivity index (χ0) is 26.4. The highest BCUT2D eigenvalue weighted by molar-refractivity contribution is 5.97. The first-order valence-electron chi connectivity index (χ1n) is 11.2. The molecule has 2 atom stereocenters. The Balaban J connectivity index is 1.82. The number of H-pyrrole nitrogens is 1. The molecule has 3 aromatic rings. The fraction of sp³-hybridized carbons (Fsp3) is 0.269. The lowest BCUT2D eigenvalue weighted by atomic mass is 10.0. The lowest BCUT2D eigenvalue weighted by Crippen LogP contribution is -2.41. The second-order valence-electron chi connectivity index (χ2n) is 8.28. The molecule has 186 valence electrons. The van der Waals surface area contributed by atoms with Gasteiger partial charge in [-0.25, -0.2) is 9.78 Å². The summed E-state index contributed by atoms with van der Waals surface area (Å²) in [5, 5.41) is 20.9. The lowest BCUT2D eigenvalue weighted by Gasteiger charge is -2.30. The summed E-state index contributed by atoms with van der Waals surface area (Å²) in [6, 6.07) is 10.4. The van der Waals surface area contributed by atoms with Gasteiger partial charge in [0.1, 0.15) is 11.9 Å². The largest absolute Gasteiger partial charge is 0.481 e. The van der Waals surface area contributed by atoms with Crippen LogP contribution in [0.3, 0.4) is 0 Å². The van der Waals surface area contributed by atoms with E-state index in [1.165, 1.54) is 12.1 Å². The normalized spacial score (nSPS) is 12.4. The Labute approximate surface area is 207 Å².